The third kappa shape index (κ3) is 5.03. The fourth-order valence-corrected chi connectivity index (χ4v) is 5.24. The summed E-state index contributed by atoms with van der Waals surface area (Å²) in [5, 5.41) is 17.2. The summed E-state index contributed by atoms with van der Waals surface area (Å²) in [6.07, 6.45) is 0. The second-order valence-electron chi connectivity index (χ2n) is 8.85. The first kappa shape index (κ1) is 25.6. The quantitative estimate of drug-likeness (QED) is 0.220. The Morgan fingerprint density at radius 3 is 2.34 bits per heavy atom. The lowest BCUT2D eigenvalue weighted by Crippen LogP contribution is -2.40. The van der Waals surface area contributed by atoms with Gasteiger partial charge in [0.1, 0.15) is 16.4 Å². The highest BCUT2D eigenvalue weighted by Crippen LogP contribution is 2.29. The molecule has 1 amide bonds. The molecule has 5 rings (SSSR count). The fourth-order valence-electron chi connectivity index (χ4n) is 4.38. The van der Waals surface area contributed by atoms with Gasteiger partial charge in [-0.25, -0.2) is 4.68 Å². The van der Waals surface area contributed by atoms with Crippen LogP contribution in [-0.4, -0.2) is 68.3 Å². The zero-order valence-electron chi connectivity index (χ0n) is 21.0. The van der Waals surface area contributed by atoms with Crippen molar-refractivity contribution in [3.05, 3.63) is 83.7 Å². The average Bonchev–Trinajstić information content (AvgIpc) is 3.34. The molecule has 1 fully saturated rings. The van der Waals surface area contributed by atoms with Gasteiger partial charge < -0.3 is 15.0 Å². The molecule has 2 heterocycles. The lowest BCUT2D eigenvalue weighted by Gasteiger charge is -2.29. The number of carbonyl (C=O) groups is 1. The van der Waals surface area contributed by atoms with Crippen LogP contribution in [0.1, 0.15) is 21.7 Å². The summed E-state index contributed by atoms with van der Waals surface area (Å²) in [6.45, 7) is 4.24. The molecule has 0 unspecified atom stereocenters. The summed E-state index contributed by atoms with van der Waals surface area (Å²) in [5.74, 6) is -0.0569. The molecular weight excluding hydrogens is 506 g/mol. The van der Waals surface area contributed by atoms with Gasteiger partial charge in [-0.05, 0) is 60.2 Å². The van der Waals surface area contributed by atoms with Crippen molar-refractivity contribution in [1.82, 2.24) is 14.7 Å². The van der Waals surface area contributed by atoms with Crippen LogP contribution >= 0.6 is 0 Å². The summed E-state index contributed by atoms with van der Waals surface area (Å²) < 4.78 is 37.1. The number of morpholine rings is 1. The van der Waals surface area contributed by atoms with E-state index in [-0.39, 0.29) is 16.3 Å². The number of hydrogen-bond donors (Lipinski definition) is 2. The second kappa shape index (κ2) is 10.4. The smallest absolute Gasteiger partial charge is 0.298 e. The number of ether oxygens (including phenoxy) is 1. The minimum absolute atomic E-state index is 0.0955. The molecular formula is C27H27N5O5S. The van der Waals surface area contributed by atoms with Crippen LogP contribution in [0.4, 0.5) is 5.69 Å². The van der Waals surface area contributed by atoms with E-state index in [1.54, 1.807) is 49.4 Å². The van der Waals surface area contributed by atoms with Gasteiger partial charge in [-0.2, -0.15) is 13.5 Å². The summed E-state index contributed by atoms with van der Waals surface area (Å²) in [7, 11) is -3.01. The van der Waals surface area contributed by atoms with Crippen LogP contribution in [0, 0.1) is 12.3 Å². The molecule has 1 saturated heterocycles. The Balaban J connectivity index is 1.46. The molecule has 0 saturated carbocycles. The normalized spacial score (nSPS) is 14.0. The second-order valence-corrected chi connectivity index (χ2v) is 10.5. The van der Waals surface area contributed by atoms with Crippen molar-refractivity contribution >= 4 is 38.3 Å². The number of amidine groups is 1. The molecule has 1 aliphatic rings. The monoisotopic (exact) mass is 533 g/mol. The van der Waals surface area contributed by atoms with Crippen LogP contribution in [0.5, 0.6) is 0 Å². The number of rotatable bonds is 6. The maximum atomic E-state index is 13.4. The number of amides is 1. The summed E-state index contributed by atoms with van der Waals surface area (Å²) in [4.78, 5) is 15.2. The molecule has 3 aromatic carbocycles. The molecule has 0 aliphatic carbocycles. The van der Waals surface area contributed by atoms with Crippen LogP contribution in [-0.2, 0) is 19.0 Å². The van der Waals surface area contributed by atoms with Gasteiger partial charge in [0.2, 0.25) is 0 Å². The Morgan fingerprint density at radius 2 is 1.68 bits per heavy atom. The van der Waals surface area contributed by atoms with Crippen molar-refractivity contribution < 1.29 is 22.1 Å². The Morgan fingerprint density at radius 1 is 1.03 bits per heavy atom. The number of aryl methyl sites for hydroxylation is 1. The molecule has 196 valence electrons. The zero-order chi connectivity index (χ0) is 26.9. The molecule has 4 aromatic rings. The summed E-state index contributed by atoms with van der Waals surface area (Å²) in [5.41, 5.74) is 2.17. The first-order chi connectivity index (χ1) is 18.3. The van der Waals surface area contributed by atoms with Gasteiger partial charge in [0, 0.05) is 24.3 Å². The highest BCUT2D eigenvalue weighted by atomic mass is 32.2. The minimum atomic E-state index is -4.11. The van der Waals surface area contributed by atoms with E-state index in [1.807, 2.05) is 23.1 Å². The number of nitrogens with one attached hydrogen (secondary N) is 2. The van der Waals surface area contributed by atoms with Gasteiger partial charge >= 0.3 is 0 Å². The van der Waals surface area contributed by atoms with E-state index >= 15 is 0 Å². The lowest BCUT2D eigenvalue weighted by molar-refractivity contribution is 0.0680. The van der Waals surface area contributed by atoms with Crippen molar-refractivity contribution in [3.63, 3.8) is 0 Å². The maximum absolute atomic E-state index is 13.4. The average molecular weight is 534 g/mol. The van der Waals surface area contributed by atoms with Gasteiger partial charge in [-0.3, -0.25) is 14.4 Å². The van der Waals surface area contributed by atoms with Crippen molar-refractivity contribution in [1.29, 1.82) is 5.41 Å². The third-order valence-electron chi connectivity index (χ3n) is 6.35. The van der Waals surface area contributed by atoms with E-state index in [1.165, 1.54) is 10.7 Å². The molecule has 1 aromatic heterocycles. The van der Waals surface area contributed by atoms with E-state index in [2.05, 4.69) is 10.4 Å². The fraction of sp³-hybridized carbons (Fsp3) is 0.222. The molecule has 11 heteroatoms. The first-order valence-corrected chi connectivity index (χ1v) is 13.4. The molecule has 10 nitrogen and oxygen atoms in total. The number of anilines is 1. The minimum Gasteiger partial charge on any atom is -0.378 e. The molecule has 0 radical (unpaired) electrons. The predicted molar refractivity (Wildman–Crippen MR) is 144 cm³/mol. The van der Waals surface area contributed by atoms with Crippen molar-refractivity contribution in [2.75, 3.05) is 38.7 Å². The Kier molecular flexibility index (Phi) is 6.98. The number of benzene rings is 3. The van der Waals surface area contributed by atoms with Gasteiger partial charge in [0.25, 0.3) is 16.0 Å². The number of nitrogens with zero attached hydrogens (tertiary/aromatic N) is 3. The number of fused-ring (bicyclic) bond motifs is 1. The van der Waals surface area contributed by atoms with Crippen LogP contribution in [0.25, 0.3) is 16.5 Å². The largest absolute Gasteiger partial charge is 0.378 e. The number of carbonyl (C=O) groups excluding carboxylic acids is 1. The van der Waals surface area contributed by atoms with Crippen molar-refractivity contribution in [2.24, 2.45) is 0 Å². The molecule has 38 heavy (non-hydrogen) atoms. The van der Waals surface area contributed by atoms with E-state index < -0.39 is 16.0 Å². The molecule has 0 atom stereocenters. The Labute approximate surface area is 220 Å². The number of hydrogen-bond acceptors (Lipinski definition) is 7. The highest BCUT2D eigenvalue weighted by Gasteiger charge is 2.25. The highest BCUT2D eigenvalue weighted by molar-refractivity contribution is 7.86. The first-order valence-electron chi connectivity index (χ1n) is 12.0. The Bertz CT molecular complexity index is 1620. The van der Waals surface area contributed by atoms with E-state index in [4.69, 9.17) is 14.3 Å². The number of aromatic nitrogens is 2. The Hall–Kier alpha value is -4.06. The van der Waals surface area contributed by atoms with Crippen molar-refractivity contribution in [3.8, 4) is 5.69 Å². The third-order valence-corrected chi connectivity index (χ3v) is 7.66. The predicted octanol–water partition coefficient (Wildman–Crippen LogP) is 3.58. The molecule has 0 spiro atoms. The maximum Gasteiger partial charge on any atom is 0.298 e. The van der Waals surface area contributed by atoms with Crippen molar-refractivity contribution in [2.45, 2.75) is 11.8 Å². The topological polar surface area (TPSA) is 127 Å². The van der Waals surface area contributed by atoms with Gasteiger partial charge in [0.15, 0.2) is 0 Å². The molecule has 2 N–H and O–H groups in total. The zero-order valence-corrected chi connectivity index (χ0v) is 21.8. The SMILES string of the molecule is COS(=O)(=O)c1cc2ccccc2cc1-n1nc(C)cc1C(=O)Nc1ccc(C(=N)N2CCOCC2)cc1. The molecule has 0 bridgehead atoms. The lowest BCUT2D eigenvalue weighted by atomic mass is 10.1. The van der Waals surface area contributed by atoms with Gasteiger partial charge in [-0.15, -0.1) is 0 Å². The van der Waals surface area contributed by atoms with Crippen LogP contribution in [0.15, 0.2) is 71.6 Å². The van der Waals surface area contributed by atoms with Gasteiger partial charge in [-0.1, -0.05) is 24.3 Å². The van der Waals surface area contributed by atoms with Crippen LogP contribution in [0.2, 0.25) is 0 Å². The summed E-state index contributed by atoms with van der Waals surface area (Å²) in [6, 6.07) is 19.1. The van der Waals surface area contributed by atoms with Crippen LogP contribution < -0.4 is 5.32 Å². The van der Waals surface area contributed by atoms with E-state index in [9.17, 15) is 13.2 Å². The van der Waals surface area contributed by atoms with E-state index in [0.717, 1.165) is 18.1 Å². The standard InChI is InChI=1S/C27H27N5O5S/c1-18-15-24(27(33)29-22-9-7-19(8-10-22)26(28)31-11-13-37-14-12-31)32(30-18)23-16-20-5-3-4-6-21(20)17-25(23)38(34,35)36-2/h3-10,15-17,28H,11-14H2,1-2H3,(H,29,33). The van der Waals surface area contributed by atoms with Gasteiger partial charge in [0.05, 0.1) is 31.7 Å². The van der Waals surface area contributed by atoms with E-state index in [0.29, 0.717) is 48.9 Å². The molecule has 1 aliphatic heterocycles. The summed E-state index contributed by atoms with van der Waals surface area (Å²) >= 11 is 0. The van der Waals surface area contributed by atoms with Crippen LogP contribution in [0.3, 0.4) is 0 Å².